The maximum Gasteiger partial charge on any atom is 0.235 e. The molecule has 1 unspecified atom stereocenters. The predicted octanol–water partition coefficient (Wildman–Crippen LogP) is 4.62. The Morgan fingerprint density at radius 1 is 0.964 bits per heavy atom. The van der Waals surface area contributed by atoms with E-state index in [1.807, 2.05) is 36.4 Å². The second kappa shape index (κ2) is 9.38. The van der Waals surface area contributed by atoms with Crippen LogP contribution in [0.15, 0.2) is 60.7 Å². The smallest absolute Gasteiger partial charge is 0.235 e. The molecule has 3 rings (SSSR count). The van der Waals surface area contributed by atoms with Crippen LogP contribution in [0.1, 0.15) is 51.2 Å². The van der Waals surface area contributed by atoms with Crippen molar-refractivity contribution in [3.63, 3.8) is 0 Å². The summed E-state index contributed by atoms with van der Waals surface area (Å²) in [4.78, 5) is 16.2. The molecule has 1 atom stereocenters. The molecule has 1 saturated heterocycles. The molecule has 0 bridgehead atoms. The van der Waals surface area contributed by atoms with Crippen molar-refractivity contribution < 1.29 is 4.79 Å². The minimum absolute atomic E-state index is 0.0924. The van der Waals surface area contributed by atoms with E-state index in [4.69, 9.17) is 0 Å². The molecule has 3 nitrogen and oxygen atoms in total. The molecule has 0 radical (unpaired) electrons. The highest BCUT2D eigenvalue weighted by molar-refractivity contribution is 5.91. The van der Waals surface area contributed by atoms with Crippen LogP contribution < -0.4 is 5.32 Å². The molecule has 1 heterocycles. The Hall–Kier alpha value is -2.13. The Labute approximate surface area is 170 Å². The average molecular weight is 379 g/mol. The Morgan fingerprint density at radius 2 is 1.46 bits per heavy atom. The summed E-state index contributed by atoms with van der Waals surface area (Å²) in [6, 6.07) is 20.5. The van der Waals surface area contributed by atoms with Crippen LogP contribution in [0.4, 0.5) is 0 Å². The van der Waals surface area contributed by atoms with Crippen molar-refractivity contribution in [1.82, 2.24) is 10.2 Å². The number of amides is 1. The molecule has 1 aliphatic heterocycles. The maximum absolute atomic E-state index is 13.7. The maximum atomic E-state index is 13.7. The Morgan fingerprint density at radius 3 is 1.93 bits per heavy atom. The number of carbonyl (C=O) groups is 1. The van der Waals surface area contributed by atoms with Gasteiger partial charge in [-0.05, 0) is 56.3 Å². The zero-order valence-electron chi connectivity index (χ0n) is 17.5. The van der Waals surface area contributed by atoms with E-state index in [9.17, 15) is 4.79 Å². The highest BCUT2D eigenvalue weighted by Crippen LogP contribution is 2.32. The first kappa shape index (κ1) is 20.6. The second-order valence-electron chi connectivity index (χ2n) is 8.66. The second-order valence-corrected chi connectivity index (χ2v) is 8.66. The van der Waals surface area contributed by atoms with Crippen molar-refractivity contribution >= 4 is 5.91 Å². The molecular formula is C25H34N2O. The van der Waals surface area contributed by atoms with E-state index in [1.54, 1.807) is 0 Å². The van der Waals surface area contributed by atoms with E-state index >= 15 is 0 Å². The van der Waals surface area contributed by atoms with Crippen molar-refractivity contribution in [2.75, 3.05) is 19.6 Å². The standard InChI is InChI=1S/C25H34N2O/c1-20(2)18-23(19-27-16-10-11-17-27)26-24(28)25(3,21-12-6-4-7-13-21)22-14-8-5-9-15-22/h4-9,12-15,20,23H,10-11,16-19H2,1-3H3,(H,26,28). The lowest BCUT2D eigenvalue weighted by molar-refractivity contribution is -0.125. The quantitative estimate of drug-likeness (QED) is 0.727. The molecule has 1 N–H and O–H groups in total. The molecule has 2 aromatic rings. The van der Waals surface area contributed by atoms with Crippen LogP contribution in [0, 0.1) is 5.92 Å². The van der Waals surface area contributed by atoms with Crippen LogP contribution in [0.25, 0.3) is 0 Å². The number of hydrogen-bond acceptors (Lipinski definition) is 2. The number of hydrogen-bond donors (Lipinski definition) is 1. The number of benzene rings is 2. The molecule has 0 saturated carbocycles. The van der Waals surface area contributed by atoms with Gasteiger partial charge in [0.05, 0.1) is 5.41 Å². The molecule has 28 heavy (non-hydrogen) atoms. The van der Waals surface area contributed by atoms with Gasteiger partial charge >= 0.3 is 0 Å². The molecule has 3 heteroatoms. The third-order valence-electron chi connectivity index (χ3n) is 5.92. The summed E-state index contributed by atoms with van der Waals surface area (Å²) in [5, 5.41) is 3.43. The van der Waals surface area contributed by atoms with Crippen molar-refractivity contribution in [3.05, 3.63) is 71.8 Å². The monoisotopic (exact) mass is 378 g/mol. The summed E-state index contributed by atoms with van der Waals surface area (Å²) in [5.41, 5.74) is 1.36. The van der Waals surface area contributed by atoms with Crippen molar-refractivity contribution in [2.24, 2.45) is 5.92 Å². The molecule has 150 valence electrons. The first-order chi connectivity index (χ1) is 13.5. The summed E-state index contributed by atoms with van der Waals surface area (Å²) in [6.45, 7) is 9.77. The van der Waals surface area contributed by atoms with Gasteiger partial charge in [-0.2, -0.15) is 0 Å². The zero-order chi connectivity index (χ0) is 20.0. The van der Waals surface area contributed by atoms with Crippen LogP contribution >= 0.6 is 0 Å². The highest BCUT2D eigenvalue weighted by Gasteiger charge is 2.38. The molecule has 0 aliphatic carbocycles. The van der Waals surface area contributed by atoms with Crippen LogP contribution in [0.5, 0.6) is 0 Å². The lowest BCUT2D eigenvalue weighted by Crippen LogP contribution is -2.51. The first-order valence-corrected chi connectivity index (χ1v) is 10.6. The number of likely N-dealkylation sites (tertiary alicyclic amines) is 1. The lowest BCUT2D eigenvalue weighted by Gasteiger charge is -2.33. The summed E-state index contributed by atoms with van der Waals surface area (Å²) < 4.78 is 0. The SMILES string of the molecule is CC(C)CC(CN1CCCC1)NC(=O)C(C)(c1ccccc1)c1ccccc1. The normalized spacial score (nSPS) is 16.3. The summed E-state index contributed by atoms with van der Waals surface area (Å²) >= 11 is 0. The van der Waals surface area contributed by atoms with Crippen LogP contribution in [0.2, 0.25) is 0 Å². The van der Waals surface area contributed by atoms with Crippen LogP contribution in [-0.4, -0.2) is 36.5 Å². The van der Waals surface area contributed by atoms with Gasteiger partial charge < -0.3 is 10.2 Å². The summed E-state index contributed by atoms with van der Waals surface area (Å²) in [5.74, 6) is 0.641. The summed E-state index contributed by atoms with van der Waals surface area (Å²) in [7, 11) is 0. The van der Waals surface area contributed by atoms with Crippen molar-refractivity contribution in [1.29, 1.82) is 0 Å². The fourth-order valence-corrected chi connectivity index (χ4v) is 4.33. The van der Waals surface area contributed by atoms with E-state index in [0.29, 0.717) is 5.92 Å². The summed E-state index contributed by atoms with van der Waals surface area (Å²) in [6.07, 6.45) is 3.55. The molecule has 1 aliphatic rings. The van der Waals surface area contributed by atoms with Gasteiger partial charge in [-0.15, -0.1) is 0 Å². The fourth-order valence-electron chi connectivity index (χ4n) is 4.33. The molecule has 1 fully saturated rings. The van der Waals surface area contributed by atoms with E-state index < -0.39 is 5.41 Å². The van der Waals surface area contributed by atoms with Crippen molar-refractivity contribution in [3.8, 4) is 0 Å². The largest absolute Gasteiger partial charge is 0.351 e. The van der Waals surface area contributed by atoms with E-state index in [0.717, 1.165) is 37.2 Å². The number of rotatable bonds is 8. The van der Waals surface area contributed by atoms with E-state index in [1.165, 1.54) is 12.8 Å². The van der Waals surface area contributed by atoms with Gasteiger partial charge in [0.15, 0.2) is 0 Å². The Balaban J connectivity index is 1.87. The zero-order valence-corrected chi connectivity index (χ0v) is 17.5. The van der Waals surface area contributed by atoms with Gasteiger partial charge in [0, 0.05) is 12.6 Å². The third kappa shape index (κ3) is 4.82. The minimum Gasteiger partial charge on any atom is -0.351 e. The van der Waals surface area contributed by atoms with Crippen LogP contribution in [-0.2, 0) is 10.2 Å². The van der Waals surface area contributed by atoms with Gasteiger partial charge in [0.1, 0.15) is 0 Å². The number of carbonyl (C=O) groups excluding carboxylic acids is 1. The molecule has 0 spiro atoms. The number of nitrogens with one attached hydrogen (secondary N) is 1. The first-order valence-electron chi connectivity index (χ1n) is 10.6. The van der Waals surface area contributed by atoms with Gasteiger partial charge in [-0.1, -0.05) is 74.5 Å². The molecule has 1 amide bonds. The van der Waals surface area contributed by atoms with E-state index in [2.05, 4.69) is 55.3 Å². The minimum atomic E-state index is -0.706. The molecular weight excluding hydrogens is 344 g/mol. The van der Waals surface area contributed by atoms with Gasteiger partial charge in [0.2, 0.25) is 5.91 Å². The third-order valence-corrected chi connectivity index (χ3v) is 5.92. The van der Waals surface area contributed by atoms with Gasteiger partial charge in [-0.3, -0.25) is 4.79 Å². The molecule has 2 aromatic carbocycles. The van der Waals surface area contributed by atoms with Crippen molar-refractivity contribution in [2.45, 2.75) is 51.5 Å². The Bertz CT molecular complexity index is 696. The lowest BCUT2D eigenvalue weighted by atomic mass is 9.75. The Kier molecular flexibility index (Phi) is 6.90. The predicted molar refractivity (Wildman–Crippen MR) is 116 cm³/mol. The number of nitrogens with zero attached hydrogens (tertiary/aromatic N) is 1. The topological polar surface area (TPSA) is 32.3 Å². The van der Waals surface area contributed by atoms with E-state index in [-0.39, 0.29) is 11.9 Å². The van der Waals surface area contributed by atoms with Crippen LogP contribution in [0.3, 0.4) is 0 Å². The fraction of sp³-hybridized carbons (Fsp3) is 0.480. The highest BCUT2D eigenvalue weighted by atomic mass is 16.2. The van der Waals surface area contributed by atoms with Gasteiger partial charge in [-0.25, -0.2) is 0 Å². The average Bonchev–Trinajstić information content (AvgIpc) is 3.21. The molecule has 0 aromatic heterocycles. The van der Waals surface area contributed by atoms with Gasteiger partial charge in [0.25, 0.3) is 0 Å².